The van der Waals surface area contributed by atoms with Gasteiger partial charge in [-0.25, -0.2) is 15.0 Å². The van der Waals surface area contributed by atoms with Crippen molar-refractivity contribution in [3.05, 3.63) is 40.4 Å². The number of nitrogens with zero attached hydrogens (tertiary/aromatic N) is 3. The van der Waals surface area contributed by atoms with Crippen LogP contribution in [0, 0.1) is 6.92 Å². The quantitative estimate of drug-likeness (QED) is 0.882. The van der Waals surface area contributed by atoms with Crippen molar-refractivity contribution in [3.63, 3.8) is 0 Å². The molecule has 2 rings (SSSR count). The van der Waals surface area contributed by atoms with Crippen molar-refractivity contribution in [2.75, 3.05) is 6.54 Å². The van der Waals surface area contributed by atoms with E-state index in [4.69, 9.17) is 0 Å². The Bertz CT molecular complexity index is 455. The number of thiazole rings is 1. The second kappa shape index (κ2) is 5.84. The van der Waals surface area contributed by atoms with Crippen LogP contribution in [0.3, 0.4) is 0 Å². The van der Waals surface area contributed by atoms with Gasteiger partial charge in [-0.15, -0.1) is 11.3 Å². The summed E-state index contributed by atoms with van der Waals surface area (Å²) in [5, 5.41) is 3.52. The maximum Gasteiger partial charge on any atom is 0.115 e. The Morgan fingerprint density at radius 3 is 2.71 bits per heavy atom. The van der Waals surface area contributed by atoms with Gasteiger partial charge in [0.15, 0.2) is 0 Å². The van der Waals surface area contributed by atoms with Crippen molar-refractivity contribution in [3.8, 4) is 0 Å². The van der Waals surface area contributed by atoms with Gasteiger partial charge in [-0.2, -0.15) is 0 Å². The molecule has 0 radical (unpaired) electrons. The molecule has 0 spiro atoms. The maximum absolute atomic E-state index is 4.31. The third-order valence-corrected chi connectivity index (χ3v) is 3.55. The molecule has 1 N–H and O–H groups in total. The van der Waals surface area contributed by atoms with Gasteiger partial charge in [-0.05, 0) is 19.9 Å². The van der Waals surface area contributed by atoms with E-state index in [0.29, 0.717) is 0 Å². The zero-order chi connectivity index (χ0) is 12.1. The predicted molar refractivity (Wildman–Crippen MR) is 69.0 cm³/mol. The topological polar surface area (TPSA) is 50.7 Å². The van der Waals surface area contributed by atoms with Gasteiger partial charge in [0, 0.05) is 22.8 Å². The first-order chi connectivity index (χ1) is 8.33. The maximum atomic E-state index is 4.31. The van der Waals surface area contributed by atoms with E-state index < -0.39 is 0 Å². The molecule has 0 aliphatic heterocycles. The minimum atomic E-state index is 0.156. The molecular formula is C12H16N4S. The lowest BCUT2D eigenvalue weighted by molar-refractivity contribution is 0.599. The normalized spacial score (nSPS) is 12.6. The van der Waals surface area contributed by atoms with Gasteiger partial charge in [0.05, 0.1) is 17.2 Å². The predicted octanol–water partition coefficient (Wildman–Crippen LogP) is 2.33. The van der Waals surface area contributed by atoms with E-state index >= 15 is 0 Å². The lowest BCUT2D eigenvalue weighted by Crippen LogP contribution is -2.23. The molecule has 0 amide bonds. The highest BCUT2D eigenvalue weighted by molar-refractivity contribution is 7.09. The lowest BCUT2D eigenvalue weighted by Gasteiger charge is -2.17. The van der Waals surface area contributed by atoms with Crippen molar-refractivity contribution in [2.45, 2.75) is 26.3 Å². The van der Waals surface area contributed by atoms with Gasteiger partial charge < -0.3 is 5.32 Å². The largest absolute Gasteiger partial charge is 0.305 e. The first-order valence-electron chi connectivity index (χ1n) is 5.71. The first-order valence-corrected chi connectivity index (χ1v) is 6.59. The molecular weight excluding hydrogens is 232 g/mol. The summed E-state index contributed by atoms with van der Waals surface area (Å²) in [5.74, 6) is 0. The minimum absolute atomic E-state index is 0.156. The van der Waals surface area contributed by atoms with Gasteiger partial charge in [-0.1, -0.05) is 6.92 Å². The molecule has 17 heavy (non-hydrogen) atoms. The van der Waals surface area contributed by atoms with Crippen molar-refractivity contribution >= 4 is 11.3 Å². The van der Waals surface area contributed by atoms with Crippen LogP contribution in [0.5, 0.6) is 0 Å². The molecule has 0 aliphatic carbocycles. The van der Waals surface area contributed by atoms with Crippen LogP contribution in [-0.4, -0.2) is 21.5 Å². The molecule has 0 aromatic carbocycles. The second-order valence-corrected chi connectivity index (χ2v) is 4.75. The van der Waals surface area contributed by atoms with Gasteiger partial charge in [0.2, 0.25) is 0 Å². The average molecular weight is 248 g/mol. The molecule has 0 saturated carbocycles. The Hall–Kier alpha value is -1.33. The van der Waals surface area contributed by atoms with E-state index in [1.54, 1.807) is 17.7 Å². The Morgan fingerprint density at radius 2 is 2.12 bits per heavy atom. The third-order valence-electron chi connectivity index (χ3n) is 2.56. The van der Waals surface area contributed by atoms with Crippen molar-refractivity contribution in [1.29, 1.82) is 0 Å². The molecule has 5 heteroatoms. The highest BCUT2D eigenvalue weighted by Crippen LogP contribution is 2.26. The number of hydrogen-bond donors (Lipinski definition) is 1. The van der Waals surface area contributed by atoms with Crippen LogP contribution in [-0.2, 0) is 0 Å². The average Bonchev–Trinajstić information content (AvgIpc) is 2.78. The van der Waals surface area contributed by atoms with Crippen LogP contribution in [0.15, 0.2) is 24.2 Å². The molecule has 0 saturated heterocycles. The standard InChI is InChI=1S/C12H16N4S/c1-3-4-15-11(10-5-13-7-14-6-10)12-9(2)16-8-17-12/h5-8,11,15H,3-4H2,1-2H3. The molecule has 2 heterocycles. The zero-order valence-electron chi connectivity index (χ0n) is 10.1. The van der Waals surface area contributed by atoms with Crippen LogP contribution in [0.4, 0.5) is 0 Å². The molecule has 0 aliphatic rings. The van der Waals surface area contributed by atoms with E-state index in [1.165, 1.54) is 4.88 Å². The van der Waals surface area contributed by atoms with E-state index in [1.807, 2.05) is 24.8 Å². The summed E-state index contributed by atoms with van der Waals surface area (Å²) in [5.41, 5.74) is 4.05. The smallest absolute Gasteiger partial charge is 0.115 e. The monoisotopic (exact) mass is 248 g/mol. The van der Waals surface area contributed by atoms with Gasteiger partial charge >= 0.3 is 0 Å². The molecule has 0 bridgehead atoms. The lowest BCUT2D eigenvalue weighted by atomic mass is 10.1. The van der Waals surface area contributed by atoms with Crippen LogP contribution in [0.2, 0.25) is 0 Å². The number of hydrogen-bond acceptors (Lipinski definition) is 5. The summed E-state index contributed by atoms with van der Waals surface area (Å²) in [7, 11) is 0. The van der Waals surface area contributed by atoms with Crippen molar-refractivity contribution < 1.29 is 0 Å². The van der Waals surface area contributed by atoms with Gasteiger partial charge in [0.1, 0.15) is 6.33 Å². The second-order valence-electron chi connectivity index (χ2n) is 3.86. The van der Waals surface area contributed by atoms with Crippen LogP contribution in [0.25, 0.3) is 0 Å². The highest BCUT2D eigenvalue weighted by Gasteiger charge is 2.17. The van der Waals surface area contributed by atoms with Crippen molar-refractivity contribution in [2.24, 2.45) is 0 Å². The Morgan fingerprint density at radius 1 is 1.35 bits per heavy atom. The Labute approximate surface area is 105 Å². The van der Waals surface area contributed by atoms with Gasteiger partial charge in [0.25, 0.3) is 0 Å². The molecule has 1 atom stereocenters. The number of nitrogens with one attached hydrogen (secondary N) is 1. The molecule has 90 valence electrons. The number of aromatic nitrogens is 3. The fraction of sp³-hybridized carbons (Fsp3) is 0.417. The molecule has 4 nitrogen and oxygen atoms in total. The molecule has 2 aromatic rings. The van der Waals surface area contributed by atoms with E-state index in [9.17, 15) is 0 Å². The summed E-state index contributed by atoms with van der Waals surface area (Å²) in [6.45, 7) is 5.16. The zero-order valence-corrected chi connectivity index (χ0v) is 10.9. The molecule has 2 aromatic heterocycles. The van der Waals surface area contributed by atoms with Crippen LogP contribution < -0.4 is 5.32 Å². The SMILES string of the molecule is CCCNC(c1cncnc1)c1scnc1C. The summed E-state index contributed by atoms with van der Waals surface area (Å²) in [6, 6.07) is 0.156. The molecule has 0 fully saturated rings. The summed E-state index contributed by atoms with van der Waals surface area (Å²) in [6.07, 6.45) is 6.38. The number of rotatable bonds is 5. The highest BCUT2D eigenvalue weighted by atomic mass is 32.1. The van der Waals surface area contributed by atoms with E-state index in [-0.39, 0.29) is 6.04 Å². The minimum Gasteiger partial charge on any atom is -0.305 e. The summed E-state index contributed by atoms with van der Waals surface area (Å²) in [4.78, 5) is 13.7. The van der Waals surface area contributed by atoms with E-state index in [2.05, 4.69) is 27.2 Å². The number of aryl methyl sites for hydroxylation is 1. The van der Waals surface area contributed by atoms with E-state index in [0.717, 1.165) is 24.2 Å². The first kappa shape index (κ1) is 12.1. The Balaban J connectivity index is 2.29. The third kappa shape index (κ3) is 2.87. The van der Waals surface area contributed by atoms with Crippen molar-refractivity contribution in [1.82, 2.24) is 20.3 Å². The fourth-order valence-electron chi connectivity index (χ4n) is 1.70. The van der Waals surface area contributed by atoms with Gasteiger partial charge in [-0.3, -0.25) is 0 Å². The molecule has 1 unspecified atom stereocenters. The Kier molecular flexibility index (Phi) is 4.17. The summed E-state index contributed by atoms with van der Waals surface area (Å²) >= 11 is 1.67. The fourth-order valence-corrected chi connectivity index (χ4v) is 2.60. The van der Waals surface area contributed by atoms with Crippen LogP contribution >= 0.6 is 11.3 Å². The van der Waals surface area contributed by atoms with Crippen LogP contribution in [0.1, 0.15) is 35.5 Å². The summed E-state index contributed by atoms with van der Waals surface area (Å²) < 4.78 is 0.